The van der Waals surface area contributed by atoms with Crippen LogP contribution in [0.3, 0.4) is 0 Å². The van der Waals surface area contributed by atoms with Crippen molar-refractivity contribution in [2.75, 3.05) is 6.61 Å². The molecular formula is C15H20N2O4. The van der Waals surface area contributed by atoms with Gasteiger partial charge >= 0.3 is 11.9 Å². The van der Waals surface area contributed by atoms with Crippen LogP contribution in [0.2, 0.25) is 0 Å². The van der Waals surface area contributed by atoms with Crippen LogP contribution in [0.25, 0.3) is 0 Å². The summed E-state index contributed by atoms with van der Waals surface area (Å²) in [5.41, 5.74) is 1.71. The lowest BCUT2D eigenvalue weighted by Crippen LogP contribution is -2.13. The summed E-state index contributed by atoms with van der Waals surface area (Å²) < 4.78 is 10.2. The van der Waals surface area contributed by atoms with E-state index in [0.29, 0.717) is 29.7 Å². The highest BCUT2D eigenvalue weighted by molar-refractivity contribution is 5.98. The standard InChI is InChI=1S/C15H20N2O4/c1-9(2)21-14(18)12-10(3)13(17-11(12)4)15(19)20-8-6-5-7-16/h9,17H,5-6,8H2,1-4H3. The third-order valence-corrected chi connectivity index (χ3v) is 2.85. The normalized spacial score (nSPS) is 10.3. The number of nitriles is 1. The fourth-order valence-corrected chi connectivity index (χ4v) is 1.92. The number of hydrogen-bond donors (Lipinski definition) is 1. The first kappa shape index (κ1) is 16.8. The first-order valence-electron chi connectivity index (χ1n) is 6.82. The predicted molar refractivity (Wildman–Crippen MR) is 75.9 cm³/mol. The highest BCUT2D eigenvalue weighted by atomic mass is 16.5. The van der Waals surface area contributed by atoms with Crippen LogP contribution in [0, 0.1) is 25.2 Å². The van der Waals surface area contributed by atoms with Crippen molar-refractivity contribution in [3.8, 4) is 6.07 Å². The monoisotopic (exact) mass is 292 g/mol. The fourth-order valence-electron chi connectivity index (χ4n) is 1.92. The summed E-state index contributed by atoms with van der Waals surface area (Å²) in [6.07, 6.45) is 0.596. The van der Waals surface area contributed by atoms with Crippen LogP contribution in [-0.2, 0) is 9.47 Å². The summed E-state index contributed by atoms with van der Waals surface area (Å²) >= 11 is 0. The van der Waals surface area contributed by atoms with Crippen LogP contribution < -0.4 is 0 Å². The maximum Gasteiger partial charge on any atom is 0.355 e. The van der Waals surface area contributed by atoms with Gasteiger partial charge in [-0.15, -0.1) is 0 Å². The molecule has 6 heteroatoms. The lowest BCUT2D eigenvalue weighted by atomic mass is 10.1. The minimum absolute atomic E-state index is 0.176. The molecule has 0 saturated heterocycles. The largest absolute Gasteiger partial charge is 0.461 e. The highest BCUT2D eigenvalue weighted by Gasteiger charge is 2.24. The van der Waals surface area contributed by atoms with Crippen LogP contribution >= 0.6 is 0 Å². The second-order valence-electron chi connectivity index (χ2n) is 4.98. The molecule has 0 spiro atoms. The summed E-state index contributed by atoms with van der Waals surface area (Å²) in [6, 6.07) is 1.98. The Morgan fingerprint density at radius 3 is 2.52 bits per heavy atom. The van der Waals surface area contributed by atoms with Gasteiger partial charge in [0.1, 0.15) is 5.69 Å². The van der Waals surface area contributed by atoms with Crippen molar-refractivity contribution in [2.24, 2.45) is 0 Å². The van der Waals surface area contributed by atoms with Gasteiger partial charge in [-0.05, 0) is 39.7 Å². The number of aromatic amines is 1. The summed E-state index contributed by atoms with van der Waals surface area (Å²) in [5.74, 6) is -0.989. The zero-order chi connectivity index (χ0) is 16.0. The molecule has 0 atom stereocenters. The van der Waals surface area contributed by atoms with E-state index < -0.39 is 11.9 Å². The Kier molecular flexibility index (Phi) is 5.97. The van der Waals surface area contributed by atoms with Crippen LogP contribution in [0.5, 0.6) is 0 Å². The van der Waals surface area contributed by atoms with E-state index in [9.17, 15) is 9.59 Å². The van der Waals surface area contributed by atoms with Crippen LogP contribution in [-0.4, -0.2) is 29.6 Å². The highest BCUT2D eigenvalue weighted by Crippen LogP contribution is 2.20. The molecule has 0 aliphatic heterocycles. The molecule has 114 valence electrons. The Balaban J connectivity index is 2.84. The van der Waals surface area contributed by atoms with E-state index in [0.717, 1.165) is 0 Å². The molecular weight excluding hydrogens is 272 g/mol. The zero-order valence-corrected chi connectivity index (χ0v) is 12.8. The first-order chi connectivity index (χ1) is 9.88. The molecule has 1 rings (SSSR count). The van der Waals surface area contributed by atoms with Crippen LogP contribution in [0.15, 0.2) is 0 Å². The van der Waals surface area contributed by atoms with E-state index in [1.807, 2.05) is 6.07 Å². The molecule has 0 fully saturated rings. The molecule has 0 aliphatic rings. The minimum atomic E-state index is -0.530. The zero-order valence-electron chi connectivity index (χ0n) is 12.8. The van der Waals surface area contributed by atoms with Crippen molar-refractivity contribution in [1.82, 2.24) is 4.98 Å². The Hall–Kier alpha value is -2.29. The molecule has 1 aromatic rings. The number of carbonyl (C=O) groups excluding carboxylic acids is 2. The van der Waals surface area contributed by atoms with E-state index in [1.165, 1.54) is 0 Å². The molecule has 0 radical (unpaired) electrons. The smallest absolute Gasteiger partial charge is 0.355 e. The van der Waals surface area contributed by atoms with E-state index in [-0.39, 0.29) is 18.4 Å². The number of aromatic nitrogens is 1. The van der Waals surface area contributed by atoms with Gasteiger partial charge in [0.15, 0.2) is 0 Å². The van der Waals surface area contributed by atoms with Crippen molar-refractivity contribution in [2.45, 2.75) is 46.6 Å². The number of carbonyl (C=O) groups is 2. The van der Waals surface area contributed by atoms with E-state index >= 15 is 0 Å². The number of rotatable bonds is 6. The SMILES string of the molecule is Cc1[nH]c(C(=O)OCCCC#N)c(C)c1C(=O)OC(C)C. The maximum absolute atomic E-state index is 12.0. The summed E-state index contributed by atoms with van der Waals surface area (Å²) in [4.78, 5) is 26.8. The van der Waals surface area contributed by atoms with E-state index in [2.05, 4.69) is 4.98 Å². The number of hydrogen-bond acceptors (Lipinski definition) is 5. The predicted octanol–water partition coefficient (Wildman–Crippen LogP) is 2.66. The third kappa shape index (κ3) is 4.35. The fraction of sp³-hybridized carbons (Fsp3) is 0.533. The molecule has 1 N–H and O–H groups in total. The van der Waals surface area contributed by atoms with Crippen molar-refractivity contribution >= 4 is 11.9 Å². The Bertz CT molecular complexity index is 567. The van der Waals surface area contributed by atoms with Gasteiger partial charge in [-0.3, -0.25) is 0 Å². The van der Waals surface area contributed by atoms with E-state index in [1.54, 1.807) is 27.7 Å². The summed E-state index contributed by atoms with van der Waals surface area (Å²) in [7, 11) is 0. The van der Waals surface area contributed by atoms with Crippen molar-refractivity contribution in [3.63, 3.8) is 0 Å². The van der Waals surface area contributed by atoms with Crippen LogP contribution in [0.4, 0.5) is 0 Å². The van der Waals surface area contributed by atoms with Gasteiger partial charge in [0.05, 0.1) is 24.3 Å². The quantitative estimate of drug-likeness (QED) is 0.642. The second kappa shape index (κ2) is 7.48. The topological polar surface area (TPSA) is 92.2 Å². The Morgan fingerprint density at radius 1 is 1.29 bits per heavy atom. The molecule has 6 nitrogen and oxygen atoms in total. The number of nitrogens with zero attached hydrogens (tertiary/aromatic N) is 1. The number of H-pyrrole nitrogens is 1. The second-order valence-corrected chi connectivity index (χ2v) is 4.98. The first-order valence-corrected chi connectivity index (χ1v) is 6.82. The maximum atomic E-state index is 12.0. The molecule has 0 aliphatic carbocycles. The Morgan fingerprint density at radius 2 is 1.95 bits per heavy atom. The average Bonchev–Trinajstić information content (AvgIpc) is 2.69. The van der Waals surface area contributed by atoms with Crippen molar-refractivity contribution in [1.29, 1.82) is 5.26 Å². The van der Waals surface area contributed by atoms with Gasteiger partial charge < -0.3 is 14.5 Å². The summed E-state index contributed by atoms with van der Waals surface area (Å²) in [5, 5.41) is 8.42. The van der Waals surface area contributed by atoms with E-state index in [4.69, 9.17) is 14.7 Å². The van der Waals surface area contributed by atoms with Gasteiger partial charge in [0.2, 0.25) is 0 Å². The lowest BCUT2D eigenvalue weighted by molar-refractivity contribution is 0.0376. The van der Waals surface area contributed by atoms with Gasteiger partial charge in [-0.25, -0.2) is 9.59 Å². The van der Waals surface area contributed by atoms with Crippen molar-refractivity contribution in [3.05, 3.63) is 22.5 Å². The number of esters is 2. The molecule has 0 saturated carbocycles. The molecule has 0 unspecified atom stereocenters. The van der Waals surface area contributed by atoms with Crippen molar-refractivity contribution < 1.29 is 19.1 Å². The number of ether oxygens (including phenoxy) is 2. The number of unbranched alkanes of at least 4 members (excludes halogenated alkanes) is 1. The third-order valence-electron chi connectivity index (χ3n) is 2.85. The van der Waals surface area contributed by atoms with Crippen LogP contribution in [0.1, 0.15) is 58.8 Å². The lowest BCUT2D eigenvalue weighted by Gasteiger charge is -2.08. The summed E-state index contributed by atoms with van der Waals surface area (Å²) in [6.45, 7) is 7.08. The average molecular weight is 292 g/mol. The Labute approximate surface area is 124 Å². The number of aryl methyl sites for hydroxylation is 1. The molecule has 0 amide bonds. The van der Waals surface area contributed by atoms with Gasteiger partial charge in [-0.2, -0.15) is 5.26 Å². The molecule has 0 aromatic carbocycles. The molecule has 1 heterocycles. The molecule has 0 bridgehead atoms. The molecule has 21 heavy (non-hydrogen) atoms. The molecule has 1 aromatic heterocycles. The number of nitrogens with one attached hydrogen (secondary N) is 1. The minimum Gasteiger partial charge on any atom is -0.461 e. The van der Waals surface area contributed by atoms with Gasteiger partial charge in [0.25, 0.3) is 0 Å². The van der Waals surface area contributed by atoms with Gasteiger partial charge in [0, 0.05) is 12.1 Å². The van der Waals surface area contributed by atoms with Gasteiger partial charge in [-0.1, -0.05) is 0 Å².